The number of aromatic nitrogens is 3. The lowest BCUT2D eigenvalue weighted by Gasteiger charge is -2.19. The van der Waals surface area contributed by atoms with Gasteiger partial charge in [0.1, 0.15) is 121 Å². The first kappa shape index (κ1) is 42.4. The van der Waals surface area contributed by atoms with Crippen LogP contribution in [-0.2, 0) is 0 Å². The average molecular weight is 795 g/mol. The first-order valence-electron chi connectivity index (χ1n) is 19.5. The molecule has 28 radical (unpaired) electrons. The Labute approximate surface area is 392 Å². The first-order valence-corrected chi connectivity index (χ1v) is 20.3. The number of furan rings is 1. The molecule has 3 heterocycles. The Morgan fingerprint density at radius 3 is 1.36 bits per heavy atom. The molecule has 0 unspecified atom stereocenters. The summed E-state index contributed by atoms with van der Waals surface area (Å²) in [7, 11) is 92.1. The van der Waals surface area contributed by atoms with Crippen LogP contribution in [0.1, 0.15) is 0 Å². The maximum absolute atomic E-state index is 6.98. The van der Waals surface area contributed by atoms with Gasteiger partial charge >= 0.3 is 0 Å². The summed E-state index contributed by atoms with van der Waals surface area (Å²) in [5, 5.41) is 1.44. The van der Waals surface area contributed by atoms with Crippen molar-refractivity contribution in [3.05, 3.63) is 78.9 Å². The van der Waals surface area contributed by atoms with E-state index in [0.717, 1.165) is 22.3 Å². The third-order valence-corrected chi connectivity index (χ3v) is 13.1. The molecule has 0 fully saturated rings. The molecule has 64 heavy (non-hydrogen) atoms. The van der Waals surface area contributed by atoms with Crippen LogP contribution in [0, 0.1) is 0 Å². The molecule has 19 heteroatoms. The Balaban J connectivity index is 1.26. The SMILES string of the molecule is [B]c1c([B])c([B])c2c(oc3c([B])c(-c4nc(-c5ccc(-c6cccc(-c7ccccc7)c6)cc5)nc(-c5c([B])c([B])c([B])c6sc7c([B])c([B])c([B])c([B])c7c56)n4)c([B])c([B])c32)c1[B]. The van der Waals surface area contributed by atoms with Gasteiger partial charge in [0.25, 0.3) is 0 Å². The zero-order valence-corrected chi connectivity index (χ0v) is 34.6. The van der Waals surface area contributed by atoms with Gasteiger partial charge in [-0.2, -0.15) is 0 Å². The zero-order chi connectivity index (χ0) is 45.2. The minimum atomic E-state index is -0.0117. The Morgan fingerprint density at radius 2 is 0.734 bits per heavy atom. The van der Waals surface area contributed by atoms with Crippen molar-refractivity contribution in [2.45, 2.75) is 0 Å². The molecule has 262 valence electrons. The fourth-order valence-corrected chi connectivity index (χ4v) is 9.58. The maximum atomic E-state index is 6.98. The number of fused-ring (bicyclic) bond motifs is 6. The lowest BCUT2D eigenvalue weighted by Crippen LogP contribution is -2.47. The smallest absolute Gasteiger partial charge is 0.164 e. The second-order valence-corrected chi connectivity index (χ2v) is 16.4. The van der Waals surface area contributed by atoms with Crippen LogP contribution in [0.2, 0.25) is 0 Å². The topological polar surface area (TPSA) is 51.8 Å². The second-order valence-electron chi connectivity index (χ2n) is 15.4. The molecule has 10 rings (SSSR count). The van der Waals surface area contributed by atoms with Crippen LogP contribution in [0.5, 0.6) is 0 Å². The lowest BCUT2D eigenvalue weighted by atomic mass is 9.64. The summed E-state index contributed by atoms with van der Waals surface area (Å²) in [6.07, 6.45) is 0. The molecule has 0 aliphatic carbocycles. The summed E-state index contributed by atoms with van der Waals surface area (Å²) >= 11 is 1.22. The van der Waals surface area contributed by atoms with E-state index in [0.29, 0.717) is 31.1 Å². The molecule has 0 atom stereocenters. The van der Waals surface area contributed by atoms with Crippen LogP contribution in [0.4, 0.5) is 0 Å². The van der Waals surface area contributed by atoms with Gasteiger partial charge in [0.05, 0.1) is 0 Å². The molecule has 0 bridgehead atoms. The minimum Gasteiger partial charge on any atom is -0.457 e. The molecule has 0 N–H and O–H groups in total. The molecular formula is C45H13B14N3OS. The normalized spacial score (nSPS) is 11.7. The summed E-state index contributed by atoms with van der Waals surface area (Å²) in [4.78, 5) is 15.0. The molecule has 0 saturated carbocycles. The monoisotopic (exact) mass is 797 g/mol. The van der Waals surface area contributed by atoms with Crippen molar-refractivity contribution in [2.75, 3.05) is 0 Å². The molecule has 10 aromatic rings. The number of benzene rings is 7. The number of hydrogen-bond donors (Lipinski definition) is 0. The standard InChI is InChI=1S/C45H13B14N3OS/c46-25-20-21-26(47)31(52)34(55)36(57)40(21)63-39(20)30(51)24(29(25)50)45-61-43(16-11-9-15(10-12-16)18-8-4-7-17(13-18)14-5-2-1-3-6-14)60-44(62-45)23-19-22-27(48)32(53)35(56)38(59)42(22)64-41(19)37(58)33(54)28(23)49/h1-13H. The van der Waals surface area contributed by atoms with Gasteiger partial charge in [-0.3, -0.25) is 0 Å². The van der Waals surface area contributed by atoms with Crippen molar-refractivity contribution >= 4 is 240 Å². The minimum absolute atomic E-state index is 0.00165. The highest BCUT2D eigenvalue weighted by atomic mass is 32.1. The third-order valence-electron chi connectivity index (χ3n) is 11.8. The molecule has 0 amide bonds. The van der Waals surface area contributed by atoms with Gasteiger partial charge in [0, 0.05) is 42.2 Å². The maximum Gasteiger partial charge on any atom is 0.164 e. The molecule has 7 aromatic carbocycles. The van der Waals surface area contributed by atoms with E-state index >= 15 is 0 Å². The van der Waals surface area contributed by atoms with Crippen molar-refractivity contribution < 1.29 is 4.42 Å². The van der Waals surface area contributed by atoms with Crippen molar-refractivity contribution in [3.63, 3.8) is 0 Å². The molecule has 3 aromatic heterocycles. The summed E-state index contributed by atoms with van der Waals surface area (Å²) in [6.45, 7) is 0. The highest BCUT2D eigenvalue weighted by Gasteiger charge is 2.27. The van der Waals surface area contributed by atoms with Gasteiger partial charge < -0.3 is 4.42 Å². The van der Waals surface area contributed by atoms with Gasteiger partial charge in [-0.25, -0.2) is 15.0 Å². The second kappa shape index (κ2) is 15.6. The summed E-state index contributed by atoms with van der Waals surface area (Å²) in [5.41, 5.74) is 6.37. The van der Waals surface area contributed by atoms with E-state index < -0.39 is 0 Å². The van der Waals surface area contributed by atoms with Crippen LogP contribution in [0.15, 0.2) is 83.3 Å². The van der Waals surface area contributed by atoms with Gasteiger partial charge in [-0.15, -0.1) is 38.7 Å². The van der Waals surface area contributed by atoms with E-state index in [1.54, 1.807) is 0 Å². The predicted octanol–water partition coefficient (Wildman–Crippen LogP) is -4.41. The number of thiophene rings is 1. The van der Waals surface area contributed by atoms with Crippen molar-refractivity contribution in [3.8, 4) is 56.4 Å². The van der Waals surface area contributed by atoms with Crippen LogP contribution < -0.4 is 76.5 Å². The van der Waals surface area contributed by atoms with E-state index in [2.05, 4.69) is 24.3 Å². The molecule has 0 spiro atoms. The van der Waals surface area contributed by atoms with Gasteiger partial charge in [-0.05, 0) is 39.2 Å². The van der Waals surface area contributed by atoms with Crippen molar-refractivity contribution in [1.82, 2.24) is 15.0 Å². The zero-order valence-electron chi connectivity index (χ0n) is 33.7. The Bertz CT molecular complexity index is 3670. The third kappa shape index (κ3) is 6.27. The number of rotatable bonds is 5. The predicted molar refractivity (Wildman–Crippen MR) is 283 cm³/mol. The molecule has 0 saturated heterocycles. The molecule has 0 aliphatic heterocycles. The molecule has 4 nitrogen and oxygen atoms in total. The van der Waals surface area contributed by atoms with Gasteiger partial charge in [-0.1, -0.05) is 116 Å². The van der Waals surface area contributed by atoms with Crippen LogP contribution in [0.3, 0.4) is 0 Å². The van der Waals surface area contributed by atoms with Crippen molar-refractivity contribution in [1.29, 1.82) is 0 Å². The quantitative estimate of drug-likeness (QED) is 0.166. The summed E-state index contributed by atoms with van der Waals surface area (Å²) < 4.78 is 7.27. The van der Waals surface area contributed by atoms with Gasteiger partial charge in [0.15, 0.2) is 17.5 Å². The molecule has 0 aliphatic rings. The fourth-order valence-electron chi connectivity index (χ4n) is 8.31. The Hall–Kier alpha value is -5.52. The van der Waals surface area contributed by atoms with E-state index in [4.69, 9.17) is 129 Å². The fraction of sp³-hybridized carbons (Fsp3) is 0. The van der Waals surface area contributed by atoms with Crippen LogP contribution in [-0.4, -0.2) is 125 Å². The molecular weight excluding hydrogens is 782 g/mol. The van der Waals surface area contributed by atoms with Crippen LogP contribution in [0.25, 0.3) is 98.5 Å². The van der Waals surface area contributed by atoms with E-state index in [9.17, 15) is 0 Å². The van der Waals surface area contributed by atoms with E-state index in [1.807, 2.05) is 54.6 Å². The van der Waals surface area contributed by atoms with Crippen LogP contribution >= 0.6 is 11.3 Å². The largest absolute Gasteiger partial charge is 0.457 e. The Morgan fingerprint density at radius 1 is 0.312 bits per heavy atom. The average Bonchev–Trinajstić information content (AvgIpc) is 3.92. The van der Waals surface area contributed by atoms with E-state index in [1.165, 1.54) is 11.3 Å². The van der Waals surface area contributed by atoms with Gasteiger partial charge in [0.2, 0.25) is 0 Å². The highest BCUT2D eigenvalue weighted by molar-refractivity contribution is 7.28. The first-order chi connectivity index (χ1) is 30.6. The van der Waals surface area contributed by atoms with Crippen molar-refractivity contribution in [2.24, 2.45) is 0 Å². The number of nitrogens with zero attached hydrogens (tertiary/aromatic N) is 3. The number of hydrogen-bond acceptors (Lipinski definition) is 5. The summed E-state index contributed by atoms with van der Waals surface area (Å²) in [6, 6.07) is 26.1. The highest BCUT2D eigenvalue weighted by Crippen LogP contribution is 2.36. The Kier molecular flexibility index (Phi) is 10.3. The summed E-state index contributed by atoms with van der Waals surface area (Å²) in [5.74, 6) is 0.222. The lowest BCUT2D eigenvalue weighted by molar-refractivity contribution is 0.675. The van der Waals surface area contributed by atoms with E-state index in [-0.39, 0.29) is 122 Å².